The summed E-state index contributed by atoms with van der Waals surface area (Å²) in [5.74, 6) is -0.480. The maximum Gasteiger partial charge on any atom is 0.330 e. The van der Waals surface area contributed by atoms with Crippen molar-refractivity contribution in [3.8, 4) is 0 Å². The van der Waals surface area contributed by atoms with Crippen LogP contribution in [0.2, 0.25) is 0 Å². The fourth-order valence-corrected chi connectivity index (χ4v) is 2.13. The maximum absolute atomic E-state index is 11.7. The quantitative estimate of drug-likeness (QED) is 0.430. The minimum atomic E-state index is -1.85. The number of benzene rings is 1. The zero-order chi connectivity index (χ0) is 11.1. The van der Waals surface area contributed by atoms with E-state index in [1.807, 2.05) is 0 Å². The Kier molecular flexibility index (Phi) is 4.85. The fraction of sp³-hybridized carbons (Fsp3) is 0.182. The molecule has 0 heterocycles. The monoisotopic (exact) mass is 223 g/mol. The molecule has 79 valence electrons. The number of hydrogen-bond acceptors (Lipinski definition) is 3. The summed E-state index contributed by atoms with van der Waals surface area (Å²) in [7, 11) is -1.85. The lowest BCUT2D eigenvalue weighted by Crippen LogP contribution is -2.06. The van der Waals surface area contributed by atoms with Gasteiger partial charge in [-0.05, 0) is 6.07 Å². The minimum absolute atomic E-state index is 0.168. The number of hydrogen-bond donors (Lipinski definition) is 0. The van der Waals surface area contributed by atoms with E-state index in [0.29, 0.717) is 6.16 Å². The summed E-state index contributed by atoms with van der Waals surface area (Å²) in [6, 6.07) is 9.80. The first-order valence-electron chi connectivity index (χ1n) is 4.52. The Morgan fingerprint density at radius 2 is 2.20 bits per heavy atom. The Morgan fingerprint density at radius 3 is 2.80 bits per heavy atom. The van der Waals surface area contributed by atoms with Gasteiger partial charge in [0.25, 0.3) is 0 Å². The van der Waals surface area contributed by atoms with Gasteiger partial charge < -0.3 is 9.30 Å². The van der Waals surface area contributed by atoms with E-state index in [4.69, 9.17) is 4.74 Å². The van der Waals surface area contributed by atoms with Crippen molar-refractivity contribution >= 4 is 19.1 Å². The predicted octanol–water partition coefficient (Wildman–Crippen LogP) is 1.40. The van der Waals surface area contributed by atoms with Crippen molar-refractivity contribution in [1.29, 1.82) is 0 Å². The predicted molar refractivity (Wildman–Crippen MR) is 59.9 cm³/mol. The van der Waals surface area contributed by atoms with Crippen molar-refractivity contribution in [2.75, 3.05) is 12.8 Å². The van der Waals surface area contributed by atoms with Gasteiger partial charge in [-0.1, -0.05) is 30.8 Å². The lowest BCUT2D eigenvalue weighted by molar-refractivity contribution is -0.137. The van der Waals surface area contributed by atoms with Crippen molar-refractivity contribution in [3.63, 3.8) is 0 Å². The molecule has 1 unspecified atom stereocenters. The van der Waals surface area contributed by atoms with E-state index in [9.17, 15) is 9.36 Å². The second-order valence-electron chi connectivity index (χ2n) is 2.83. The summed E-state index contributed by atoms with van der Waals surface area (Å²) in [6.07, 6.45) is 1.46. The smallest absolute Gasteiger partial charge is 0.330 e. The minimum Gasteiger partial charge on any atom is -0.462 e. The lowest BCUT2D eigenvalue weighted by Gasteiger charge is -2.02. The Bertz CT molecular complexity index is 359. The second-order valence-corrected chi connectivity index (χ2v) is 4.76. The lowest BCUT2D eigenvalue weighted by atomic mass is 10.4. The van der Waals surface area contributed by atoms with Crippen molar-refractivity contribution in [2.45, 2.75) is 0 Å². The third-order valence-electron chi connectivity index (χ3n) is 1.78. The first-order chi connectivity index (χ1) is 7.24. The number of rotatable bonds is 5. The molecule has 1 aromatic carbocycles. The van der Waals surface area contributed by atoms with Gasteiger partial charge in [-0.3, -0.25) is 0 Å². The molecule has 0 aliphatic rings. The van der Waals surface area contributed by atoms with Gasteiger partial charge in [0, 0.05) is 17.5 Å². The van der Waals surface area contributed by atoms with E-state index in [2.05, 4.69) is 12.6 Å². The van der Waals surface area contributed by atoms with E-state index in [1.165, 1.54) is 0 Å². The van der Waals surface area contributed by atoms with Gasteiger partial charge in [0.2, 0.25) is 0 Å². The van der Waals surface area contributed by atoms with Crippen LogP contribution in [-0.2, 0) is 14.1 Å². The van der Waals surface area contributed by atoms with Gasteiger partial charge >= 0.3 is 5.97 Å². The first kappa shape index (κ1) is 11.7. The highest BCUT2D eigenvalue weighted by molar-refractivity contribution is 7.53. The first-order valence-corrected chi connectivity index (χ1v) is 6.14. The largest absolute Gasteiger partial charge is 0.462 e. The second kappa shape index (κ2) is 6.20. The summed E-state index contributed by atoms with van der Waals surface area (Å²) in [4.78, 5) is 10.7. The molecule has 1 rings (SSSR count). The molecule has 1 radical (unpaired) electrons. The summed E-state index contributed by atoms with van der Waals surface area (Å²) < 4.78 is 16.4. The topological polar surface area (TPSA) is 43.4 Å². The molecule has 15 heavy (non-hydrogen) atoms. The fourth-order valence-electron chi connectivity index (χ4n) is 1.02. The van der Waals surface area contributed by atoms with Crippen LogP contribution in [0, 0.1) is 6.07 Å². The third kappa shape index (κ3) is 4.13. The summed E-state index contributed by atoms with van der Waals surface area (Å²) in [6.45, 7) is 3.44. The molecule has 1 atom stereocenters. The molecule has 4 heteroatoms. The molecular weight excluding hydrogens is 211 g/mol. The van der Waals surface area contributed by atoms with Crippen LogP contribution >= 0.6 is 7.80 Å². The van der Waals surface area contributed by atoms with E-state index in [-0.39, 0.29) is 6.61 Å². The molecule has 0 aromatic heterocycles. The molecular formula is C11H12O3P. The van der Waals surface area contributed by atoms with Gasteiger partial charge in [-0.25, -0.2) is 4.79 Å². The van der Waals surface area contributed by atoms with Crippen LogP contribution in [-0.4, -0.2) is 18.7 Å². The van der Waals surface area contributed by atoms with Crippen molar-refractivity contribution in [3.05, 3.63) is 43.0 Å². The zero-order valence-corrected chi connectivity index (χ0v) is 9.23. The molecule has 0 N–H and O–H groups in total. The summed E-state index contributed by atoms with van der Waals surface area (Å²) >= 11 is 0. The molecule has 0 aliphatic heterocycles. The zero-order valence-electron chi connectivity index (χ0n) is 8.23. The summed E-state index contributed by atoms with van der Waals surface area (Å²) in [5.41, 5.74) is 0. The van der Waals surface area contributed by atoms with Crippen molar-refractivity contribution < 1.29 is 14.1 Å². The van der Waals surface area contributed by atoms with Crippen LogP contribution in [0.25, 0.3) is 0 Å². The van der Waals surface area contributed by atoms with Gasteiger partial charge in [0.1, 0.15) is 7.80 Å². The van der Waals surface area contributed by atoms with Crippen molar-refractivity contribution in [1.82, 2.24) is 0 Å². The highest BCUT2D eigenvalue weighted by Gasteiger charge is 2.03. The molecule has 3 nitrogen and oxygen atoms in total. The normalized spacial score (nSPS) is 11.7. The number of carbonyl (C=O) groups excluding carboxylic acids is 1. The van der Waals surface area contributed by atoms with Crippen LogP contribution in [0.4, 0.5) is 0 Å². The summed E-state index contributed by atoms with van der Waals surface area (Å²) in [5, 5.41) is 0.786. The van der Waals surface area contributed by atoms with Gasteiger partial charge in [-0.15, -0.1) is 0 Å². The molecule has 0 amide bonds. The molecule has 0 aliphatic carbocycles. The highest BCUT2D eigenvalue weighted by Crippen LogP contribution is 2.18. The standard InChI is InChI=1S/C11H12O3P/c1-2-11(12)14-8-9-15(13)10-6-4-3-5-7-10/h2,4-7,15H,1,8-9H2. The molecule has 0 spiro atoms. The SMILES string of the molecule is C=CC(=O)OCC[PH](=O)c1cc[c]cc1. The Balaban J connectivity index is 2.37. The van der Waals surface area contributed by atoms with Crippen molar-refractivity contribution in [2.24, 2.45) is 0 Å². The third-order valence-corrected chi connectivity index (χ3v) is 3.42. The van der Waals surface area contributed by atoms with E-state index < -0.39 is 13.8 Å². The van der Waals surface area contributed by atoms with Crippen LogP contribution in [0.3, 0.4) is 0 Å². The Morgan fingerprint density at radius 1 is 1.53 bits per heavy atom. The van der Waals surface area contributed by atoms with Crippen LogP contribution in [0.15, 0.2) is 36.9 Å². The molecule has 0 saturated carbocycles. The highest BCUT2D eigenvalue weighted by atomic mass is 31.1. The Hall–Kier alpha value is -1.34. The molecule has 0 bridgehead atoms. The Labute approximate surface area is 89.5 Å². The molecule has 0 saturated heterocycles. The van der Waals surface area contributed by atoms with Gasteiger partial charge in [0.15, 0.2) is 0 Å². The number of ether oxygens (including phenoxy) is 1. The van der Waals surface area contributed by atoms with E-state index in [1.54, 1.807) is 24.3 Å². The molecule has 0 fully saturated rings. The van der Waals surface area contributed by atoms with Gasteiger partial charge in [0.05, 0.1) is 6.61 Å². The number of carbonyl (C=O) groups is 1. The van der Waals surface area contributed by atoms with Crippen LogP contribution in [0.5, 0.6) is 0 Å². The van der Waals surface area contributed by atoms with E-state index in [0.717, 1.165) is 11.4 Å². The van der Waals surface area contributed by atoms with Crippen LogP contribution in [0.1, 0.15) is 0 Å². The van der Waals surface area contributed by atoms with Gasteiger partial charge in [-0.2, -0.15) is 0 Å². The number of esters is 1. The maximum atomic E-state index is 11.7. The molecule has 1 aromatic rings. The van der Waals surface area contributed by atoms with E-state index >= 15 is 0 Å². The van der Waals surface area contributed by atoms with Crippen LogP contribution < -0.4 is 5.30 Å². The average molecular weight is 223 g/mol. The average Bonchev–Trinajstić information content (AvgIpc) is 2.29.